The van der Waals surface area contributed by atoms with E-state index in [1.165, 1.54) is 30.6 Å². The molecule has 0 N–H and O–H groups in total. The van der Waals surface area contributed by atoms with Crippen LogP contribution < -0.4 is 0 Å². The molecule has 0 fully saturated rings. The third-order valence-corrected chi connectivity index (χ3v) is 5.95. The van der Waals surface area contributed by atoms with Crippen LogP contribution in [0, 0.1) is 24.5 Å². The summed E-state index contributed by atoms with van der Waals surface area (Å²) < 4.78 is 50.3. The van der Waals surface area contributed by atoms with Crippen molar-refractivity contribution in [1.29, 1.82) is 0 Å². The van der Waals surface area contributed by atoms with E-state index in [1.54, 1.807) is 24.5 Å². The lowest BCUT2D eigenvalue weighted by molar-refractivity contribution is 0.0528. The first kappa shape index (κ1) is 22.8. The highest BCUT2D eigenvalue weighted by molar-refractivity contribution is 6.33. The number of hydrogen-bond donors (Lipinski definition) is 0. The minimum absolute atomic E-state index is 0.0500. The van der Waals surface area contributed by atoms with Gasteiger partial charge in [-0.05, 0) is 55.8 Å². The summed E-state index contributed by atoms with van der Waals surface area (Å²) in [4.78, 5) is 24.9. The van der Waals surface area contributed by atoms with Crippen LogP contribution in [-0.2, 0) is 4.74 Å². The van der Waals surface area contributed by atoms with Crippen LogP contribution in [0.25, 0.3) is 38.8 Å². The Morgan fingerprint density at radius 1 is 1.03 bits per heavy atom. The van der Waals surface area contributed by atoms with E-state index in [1.807, 2.05) is 0 Å². The summed E-state index contributed by atoms with van der Waals surface area (Å²) in [5.74, 6) is -2.48. The van der Waals surface area contributed by atoms with E-state index in [9.17, 15) is 18.0 Å². The zero-order valence-electron chi connectivity index (χ0n) is 18.4. The van der Waals surface area contributed by atoms with E-state index >= 15 is 0 Å². The fourth-order valence-electron chi connectivity index (χ4n) is 4.12. The molecule has 0 aliphatic rings. The van der Waals surface area contributed by atoms with Gasteiger partial charge in [-0.3, -0.25) is 9.55 Å². The fourth-order valence-corrected chi connectivity index (χ4v) is 4.34. The molecular weight excluding hydrogens is 481 g/mol. The molecular formula is C25H16ClF3N4O2. The van der Waals surface area contributed by atoms with Crippen molar-refractivity contribution in [2.24, 2.45) is 0 Å². The summed E-state index contributed by atoms with van der Waals surface area (Å²) in [6.45, 7) is 3.45. The van der Waals surface area contributed by atoms with Crippen molar-refractivity contribution >= 4 is 39.5 Å². The number of imidazole rings is 1. The molecule has 0 radical (unpaired) electrons. The van der Waals surface area contributed by atoms with Crippen molar-refractivity contribution in [3.8, 4) is 16.8 Å². The molecule has 0 saturated carbocycles. The highest BCUT2D eigenvalue weighted by Crippen LogP contribution is 2.36. The lowest BCUT2D eigenvalue weighted by atomic mass is 10.0. The van der Waals surface area contributed by atoms with Gasteiger partial charge in [-0.1, -0.05) is 11.6 Å². The third-order valence-electron chi connectivity index (χ3n) is 5.59. The van der Waals surface area contributed by atoms with E-state index in [0.717, 1.165) is 12.1 Å². The summed E-state index contributed by atoms with van der Waals surface area (Å²) in [6, 6.07) is 8.20. The summed E-state index contributed by atoms with van der Waals surface area (Å²) in [7, 11) is 0. The minimum atomic E-state index is -0.871. The highest BCUT2D eigenvalue weighted by atomic mass is 35.5. The molecule has 2 aromatic carbocycles. The standard InChI is InChI=1S/C25H16ClF3N4O2/c1-3-35-25(34)15-10-13(14-6-8-31-24(29)21(14)26)11-19-22(15)32-12(2)33(19)18-7-9-30-23-17(28)5-4-16(27)20(18)23/h4-11H,3H2,1-2H3. The molecule has 5 aromatic rings. The SMILES string of the molecule is CCOC(=O)c1cc(-c2ccnc(F)c2Cl)cc2c1nc(C)n2-c1ccnc2c(F)ccc(F)c12. The molecule has 5 rings (SSSR count). The Labute approximate surface area is 202 Å². The second-order valence-electron chi connectivity index (χ2n) is 7.65. The number of aryl methyl sites for hydroxylation is 1. The second kappa shape index (κ2) is 8.66. The van der Waals surface area contributed by atoms with E-state index in [2.05, 4.69) is 15.0 Å². The molecule has 0 amide bonds. The Bertz CT molecular complexity index is 1650. The van der Waals surface area contributed by atoms with E-state index in [4.69, 9.17) is 16.3 Å². The molecule has 0 unspecified atom stereocenters. The molecule has 35 heavy (non-hydrogen) atoms. The average molecular weight is 497 g/mol. The molecule has 6 nitrogen and oxygen atoms in total. The number of halogens is 4. The van der Waals surface area contributed by atoms with Crippen molar-refractivity contribution < 1.29 is 22.7 Å². The Morgan fingerprint density at radius 2 is 1.77 bits per heavy atom. The molecule has 0 spiro atoms. The zero-order chi connectivity index (χ0) is 24.9. The van der Waals surface area contributed by atoms with Gasteiger partial charge in [0.2, 0.25) is 5.95 Å². The van der Waals surface area contributed by atoms with Crippen LogP contribution in [0.2, 0.25) is 5.02 Å². The molecule has 0 saturated heterocycles. The van der Waals surface area contributed by atoms with Gasteiger partial charge < -0.3 is 4.74 Å². The maximum Gasteiger partial charge on any atom is 0.340 e. The zero-order valence-corrected chi connectivity index (χ0v) is 19.2. The van der Waals surface area contributed by atoms with Gasteiger partial charge >= 0.3 is 5.97 Å². The van der Waals surface area contributed by atoms with Gasteiger partial charge in [-0.2, -0.15) is 4.39 Å². The summed E-state index contributed by atoms with van der Waals surface area (Å²) in [5.41, 5.74) is 1.56. The molecule has 3 aromatic heterocycles. The number of fused-ring (bicyclic) bond motifs is 2. The highest BCUT2D eigenvalue weighted by Gasteiger charge is 2.23. The number of aromatic nitrogens is 4. The molecule has 10 heteroatoms. The number of carbonyl (C=O) groups excluding carboxylic acids is 1. The number of esters is 1. The number of hydrogen-bond acceptors (Lipinski definition) is 5. The molecule has 0 bridgehead atoms. The third kappa shape index (κ3) is 3.68. The lowest BCUT2D eigenvalue weighted by Gasteiger charge is -2.13. The minimum Gasteiger partial charge on any atom is -0.462 e. The van der Waals surface area contributed by atoms with Crippen molar-refractivity contribution in [1.82, 2.24) is 19.5 Å². The number of benzene rings is 2. The Hall–Kier alpha value is -3.98. The van der Waals surface area contributed by atoms with Gasteiger partial charge in [0.25, 0.3) is 0 Å². The number of rotatable bonds is 4. The van der Waals surface area contributed by atoms with Crippen LogP contribution in [0.15, 0.2) is 48.8 Å². The van der Waals surface area contributed by atoms with Gasteiger partial charge in [-0.25, -0.2) is 23.5 Å². The molecule has 0 aliphatic carbocycles. The second-order valence-corrected chi connectivity index (χ2v) is 8.03. The predicted octanol–water partition coefficient (Wildman–Crippen LogP) is 6.19. The van der Waals surface area contributed by atoms with Crippen molar-refractivity contribution in [3.63, 3.8) is 0 Å². The maximum absolute atomic E-state index is 14.9. The van der Waals surface area contributed by atoms with Gasteiger partial charge in [-0.15, -0.1) is 0 Å². The quantitative estimate of drug-likeness (QED) is 0.219. The molecule has 3 heterocycles. The van der Waals surface area contributed by atoms with Crippen molar-refractivity contribution in [3.05, 3.63) is 82.8 Å². The fraction of sp³-hybridized carbons (Fsp3) is 0.120. The van der Waals surface area contributed by atoms with Gasteiger partial charge in [0.1, 0.15) is 33.5 Å². The van der Waals surface area contributed by atoms with Crippen LogP contribution in [0.4, 0.5) is 13.2 Å². The molecule has 0 aliphatic heterocycles. The Morgan fingerprint density at radius 3 is 2.54 bits per heavy atom. The number of pyridine rings is 2. The maximum atomic E-state index is 14.9. The molecule has 0 atom stereocenters. The van der Waals surface area contributed by atoms with Crippen molar-refractivity contribution in [2.75, 3.05) is 6.61 Å². The van der Waals surface area contributed by atoms with Crippen LogP contribution in [-0.4, -0.2) is 32.1 Å². The monoisotopic (exact) mass is 496 g/mol. The van der Waals surface area contributed by atoms with Crippen LogP contribution in [0.3, 0.4) is 0 Å². The van der Waals surface area contributed by atoms with Crippen LogP contribution in [0.5, 0.6) is 0 Å². The number of nitrogens with zero attached hydrogens (tertiary/aromatic N) is 4. The van der Waals surface area contributed by atoms with E-state index in [-0.39, 0.29) is 44.9 Å². The predicted molar refractivity (Wildman–Crippen MR) is 125 cm³/mol. The largest absolute Gasteiger partial charge is 0.462 e. The first-order valence-corrected chi connectivity index (χ1v) is 10.9. The van der Waals surface area contributed by atoms with Gasteiger partial charge in [0, 0.05) is 18.0 Å². The normalized spacial score (nSPS) is 11.4. The smallest absolute Gasteiger partial charge is 0.340 e. The Kier molecular flexibility index (Phi) is 5.64. The van der Waals surface area contributed by atoms with Gasteiger partial charge in [0.15, 0.2) is 0 Å². The topological polar surface area (TPSA) is 69.9 Å². The van der Waals surface area contributed by atoms with Crippen LogP contribution in [0.1, 0.15) is 23.1 Å². The van der Waals surface area contributed by atoms with Gasteiger partial charge in [0.05, 0.1) is 28.8 Å². The van der Waals surface area contributed by atoms with E-state index in [0.29, 0.717) is 16.9 Å². The average Bonchev–Trinajstić information content (AvgIpc) is 3.17. The van der Waals surface area contributed by atoms with Crippen LogP contribution >= 0.6 is 11.6 Å². The summed E-state index contributed by atoms with van der Waals surface area (Å²) in [6.07, 6.45) is 2.61. The number of carbonyl (C=O) groups is 1. The first-order valence-electron chi connectivity index (χ1n) is 10.6. The summed E-state index contributed by atoms with van der Waals surface area (Å²) >= 11 is 6.17. The number of ether oxygens (including phenoxy) is 1. The van der Waals surface area contributed by atoms with E-state index < -0.39 is 23.6 Å². The molecule has 176 valence electrons. The summed E-state index contributed by atoms with van der Waals surface area (Å²) in [5, 5.41) is -0.280. The lowest BCUT2D eigenvalue weighted by Crippen LogP contribution is -2.06. The first-order chi connectivity index (χ1) is 16.8. The van der Waals surface area contributed by atoms with Crippen molar-refractivity contribution in [2.45, 2.75) is 13.8 Å². The Balaban J connectivity index is 1.90.